The van der Waals surface area contributed by atoms with Crippen molar-refractivity contribution in [2.45, 2.75) is 12.6 Å². The third-order valence-electron chi connectivity index (χ3n) is 1.47. The molecule has 4 N–H and O–H groups in total. The van der Waals surface area contributed by atoms with Crippen molar-refractivity contribution in [2.75, 3.05) is 6.54 Å². The van der Waals surface area contributed by atoms with Crippen LogP contribution in [-0.2, 0) is 11.3 Å². The number of nitrogens with zero attached hydrogens (tertiary/aromatic N) is 1. The summed E-state index contributed by atoms with van der Waals surface area (Å²) in [5.74, 6) is -0.995. The molecular formula is C7H11N3O2S. The zero-order chi connectivity index (χ0) is 9.68. The Morgan fingerprint density at radius 2 is 2.62 bits per heavy atom. The van der Waals surface area contributed by atoms with Crippen molar-refractivity contribution in [2.24, 2.45) is 5.73 Å². The number of nitrogens with two attached hydrogens (primary N) is 1. The van der Waals surface area contributed by atoms with Crippen LogP contribution in [0.25, 0.3) is 0 Å². The molecule has 0 amide bonds. The van der Waals surface area contributed by atoms with Crippen molar-refractivity contribution in [3.8, 4) is 0 Å². The number of aliphatic carboxylic acids is 1. The molecule has 0 aromatic carbocycles. The Morgan fingerprint density at radius 3 is 3.15 bits per heavy atom. The van der Waals surface area contributed by atoms with E-state index in [1.807, 2.05) is 5.38 Å². The second-order valence-electron chi connectivity index (χ2n) is 2.56. The molecule has 0 saturated heterocycles. The minimum atomic E-state index is -0.995. The fourth-order valence-electron chi connectivity index (χ4n) is 0.768. The van der Waals surface area contributed by atoms with Crippen LogP contribution in [0.1, 0.15) is 5.69 Å². The summed E-state index contributed by atoms with van der Waals surface area (Å²) in [4.78, 5) is 14.3. The van der Waals surface area contributed by atoms with Gasteiger partial charge in [0, 0.05) is 18.5 Å². The van der Waals surface area contributed by atoms with E-state index in [0.29, 0.717) is 6.54 Å². The molecule has 0 radical (unpaired) electrons. The number of rotatable bonds is 5. The highest BCUT2D eigenvalue weighted by molar-refractivity contribution is 7.07. The number of carbonyl (C=O) groups is 1. The molecule has 1 unspecified atom stereocenters. The first-order valence-corrected chi connectivity index (χ1v) is 4.70. The average Bonchev–Trinajstić information content (AvgIpc) is 2.56. The van der Waals surface area contributed by atoms with E-state index in [0.717, 1.165) is 5.69 Å². The zero-order valence-corrected chi connectivity index (χ0v) is 7.75. The lowest BCUT2D eigenvalue weighted by molar-refractivity contribution is -0.138. The van der Waals surface area contributed by atoms with E-state index >= 15 is 0 Å². The molecule has 1 atom stereocenters. The predicted molar refractivity (Wildman–Crippen MR) is 49.4 cm³/mol. The Hall–Kier alpha value is -0.980. The minimum Gasteiger partial charge on any atom is -0.480 e. The molecule has 1 heterocycles. The van der Waals surface area contributed by atoms with Crippen LogP contribution in [0.2, 0.25) is 0 Å². The second-order valence-corrected chi connectivity index (χ2v) is 3.27. The van der Waals surface area contributed by atoms with Crippen molar-refractivity contribution in [3.05, 3.63) is 16.6 Å². The number of nitrogens with one attached hydrogen (secondary N) is 1. The Kier molecular flexibility index (Phi) is 3.81. The van der Waals surface area contributed by atoms with Crippen molar-refractivity contribution in [1.29, 1.82) is 0 Å². The number of hydrogen-bond acceptors (Lipinski definition) is 5. The first-order chi connectivity index (χ1) is 6.20. The molecule has 0 fully saturated rings. The maximum absolute atomic E-state index is 10.3. The van der Waals surface area contributed by atoms with Crippen LogP contribution in [0.5, 0.6) is 0 Å². The Bertz CT molecular complexity index is 263. The van der Waals surface area contributed by atoms with E-state index in [1.165, 1.54) is 11.3 Å². The summed E-state index contributed by atoms with van der Waals surface area (Å²) in [5.41, 5.74) is 7.91. The van der Waals surface area contributed by atoms with Crippen LogP contribution in [0, 0.1) is 0 Å². The van der Waals surface area contributed by atoms with Gasteiger partial charge < -0.3 is 16.2 Å². The topological polar surface area (TPSA) is 88.2 Å². The van der Waals surface area contributed by atoms with Gasteiger partial charge in [0.1, 0.15) is 6.04 Å². The summed E-state index contributed by atoms with van der Waals surface area (Å²) in [6.45, 7) is 0.817. The van der Waals surface area contributed by atoms with E-state index in [-0.39, 0.29) is 6.54 Å². The first-order valence-electron chi connectivity index (χ1n) is 3.76. The van der Waals surface area contributed by atoms with Gasteiger partial charge in [0.25, 0.3) is 0 Å². The quantitative estimate of drug-likeness (QED) is 0.605. The lowest BCUT2D eigenvalue weighted by Crippen LogP contribution is -2.40. The third kappa shape index (κ3) is 3.49. The van der Waals surface area contributed by atoms with Gasteiger partial charge in [0.2, 0.25) is 0 Å². The van der Waals surface area contributed by atoms with Gasteiger partial charge >= 0.3 is 5.97 Å². The van der Waals surface area contributed by atoms with Gasteiger partial charge in [-0.15, -0.1) is 11.3 Å². The van der Waals surface area contributed by atoms with Gasteiger partial charge in [-0.25, -0.2) is 4.98 Å². The van der Waals surface area contributed by atoms with E-state index in [4.69, 9.17) is 10.8 Å². The van der Waals surface area contributed by atoms with Crippen LogP contribution in [0.3, 0.4) is 0 Å². The molecule has 1 aromatic rings. The highest BCUT2D eigenvalue weighted by atomic mass is 32.1. The van der Waals surface area contributed by atoms with Crippen molar-refractivity contribution in [3.63, 3.8) is 0 Å². The Labute approximate surface area is 79.6 Å². The summed E-state index contributed by atoms with van der Waals surface area (Å²) in [5, 5.41) is 13.3. The van der Waals surface area contributed by atoms with E-state index in [9.17, 15) is 4.79 Å². The molecule has 1 rings (SSSR count). The van der Waals surface area contributed by atoms with Crippen LogP contribution >= 0.6 is 11.3 Å². The van der Waals surface area contributed by atoms with Crippen LogP contribution in [0.4, 0.5) is 0 Å². The summed E-state index contributed by atoms with van der Waals surface area (Å²) >= 11 is 1.51. The van der Waals surface area contributed by atoms with Gasteiger partial charge in [0.05, 0.1) is 11.2 Å². The summed E-state index contributed by atoms with van der Waals surface area (Å²) in [6, 6.07) is -0.848. The van der Waals surface area contributed by atoms with Gasteiger partial charge in [-0.3, -0.25) is 4.79 Å². The fourth-order valence-corrected chi connectivity index (χ4v) is 1.33. The van der Waals surface area contributed by atoms with Crippen molar-refractivity contribution >= 4 is 17.3 Å². The molecule has 1 aromatic heterocycles. The average molecular weight is 201 g/mol. The highest BCUT2D eigenvalue weighted by Crippen LogP contribution is 1.99. The van der Waals surface area contributed by atoms with E-state index in [2.05, 4.69) is 10.3 Å². The minimum absolute atomic E-state index is 0.257. The molecule has 0 aliphatic heterocycles. The Balaban J connectivity index is 2.18. The number of thiazole rings is 1. The maximum Gasteiger partial charge on any atom is 0.321 e. The monoisotopic (exact) mass is 201 g/mol. The normalized spacial score (nSPS) is 12.7. The molecule has 0 aliphatic rings. The van der Waals surface area contributed by atoms with Gasteiger partial charge in [0.15, 0.2) is 0 Å². The van der Waals surface area contributed by atoms with Crippen LogP contribution in [0.15, 0.2) is 10.9 Å². The molecule has 0 aliphatic carbocycles. The lowest BCUT2D eigenvalue weighted by Gasteiger charge is -2.06. The first kappa shape index (κ1) is 10.1. The SMILES string of the molecule is NC(CNCc1cscn1)C(=O)O. The molecule has 72 valence electrons. The smallest absolute Gasteiger partial charge is 0.321 e. The van der Waals surface area contributed by atoms with Crippen molar-refractivity contribution < 1.29 is 9.90 Å². The largest absolute Gasteiger partial charge is 0.480 e. The van der Waals surface area contributed by atoms with Crippen molar-refractivity contribution in [1.82, 2.24) is 10.3 Å². The fraction of sp³-hybridized carbons (Fsp3) is 0.429. The molecule has 0 saturated carbocycles. The number of carboxylic acid groups (broad SMARTS) is 1. The lowest BCUT2D eigenvalue weighted by atomic mass is 10.3. The molecule has 6 heteroatoms. The zero-order valence-electron chi connectivity index (χ0n) is 6.93. The third-order valence-corrected chi connectivity index (χ3v) is 2.11. The predicted octanol–water partition coefficient (Wildman–Crippen LogP) is -0.355. The van der Waals surface area contributed by atoms with Gasteiger partial charge in [-0.1, -0.05) is 0 Å². The number of aromatic nitrogens is 1. The number of hydrogen-bond donors (Lipinski definition) is 3. The number of carboxylic acids is 1. The van der Waals surface area contributed by atoms with Gasteiger partial charge in [-0.2, -0.15) is 0 Å². The Morgan fingerprint density at radius 1 is 1.85 bits per heavy atom. The van der Waals surface area contributed by atoms with Gasteiger partial charge in [-0.05, 0) is 0 Å². The highest BCUT2D eigenvalue weighted by Gasteiger charge is 2.09. The van der Waals surface area contributed by atoms with E-state index < -0.39 is 12.0 Å². The summed E-state index contributed by atoms with van der Waals surface area (Å²) < 4.78 is 0. The van der Waals surface area contributed by atoms with Crippen LogP contribution in [-0.4, -0.2) is 28.6 Å². The molecule has 0 spiro atoms. The molecule has 13 heavy (non-hydrogen) atoms. The van der Waals surface area contributed by atoms with Crippen LogP contribution < -0.4 is 11.1 Å². The summed E-state index contributed by atoms with van der Waals surface area (Å²) in [7, 11) is 0. The standard InChI is InChI=1S/C7H11N3O2S/c8-6(7(11)12)2-9-1-5-3-13-4-10-5/h3-4,6,9H,1-2,8H2,(H,11,12). The summed E-state index contributed by atoms with van der Waals surface area (Å²) in [6.07, 6.45) is 0. The second kappa shape index (κ2) is 4.90. The molecule has 0 bridgehead atoms. The maximum atomic E-state index is 10.3. The molecular weight excluding hydrogens is 190 g/mol. The molecule has 5 nitrogen and oxygen atoms in total. The van der Waals surface area contributed by atoms with E-state index in [1.54, 1.807) is 5.51 Å².